The lowest BCUT2D eigenvalue weighted by Gasteiger charge is -2.18. The zero-order valence-corrected chi connectivity index (χ0v) is 14.6. The van der Waals surface area contributed by atoms with Gasteiger partial charge in [0.05, 0.1) is 11.3 Å². The molecule has 0 saturated carbocycles. The minimum absolute atomic E-state index is 0.115. The van der Waals surface area contributed by atoms with E-state index in [1.54, 1.807) is 7.05 Å². The van der Waals surface area contributed by atoms with Gasteiger partial charge in [0.25, 0.3) is 5.91 Å². The molecule has 1 aromatic carbocycles. The second-order valence-electron chi connectivity index (χ2n) is 5.79. The Hall–Kier alpha value is -2.68. The Morgan fingerprint density at radius 2 is 2.00 bits per heavy atom. The van der Waals surface area contributed by atoms with Crippen LogP contribution in [0.2, 0.25) is 0 Å². The maximum absolute atomic E-state index is 12.9. The van der Waals surface area contributed by atoms with E-state index in [1.165, 1.54) is 37.1 Å². The number of benzene rings is 1. The molecule has 0 fully saturated rings. The van der Waals surface area contributed by atoms with Crippen molar-refractivity contribution in [3.8, 4) is 5.69 Å². The standard InChI is InChI=1S/C17H19F3N4O2/c1-11-9-14(25)15(16(26)23(3)8-7-21-2)22-24(11)13-6-4-5-12(10-13)17(18,19)20/h4-6,9-10,21H,7-8H2,1-3H3. The first-order chi connectivity index (χ1) is 12.1. The van der Waals surface area contributed by atoms with E-state index in [9.17, 15) is 22.8 Å². The average molecular weight is 368 g/mol. The fourth-order valence-corrected chi connectivity index (χ4v) is 2.33. The van der Waals surface area contributed by atoms with Crippen molar-refractivity contribution in [3.63, 3.8) is 0 Å². The summed E-state index contributed by atoms with van der Waals surface area (Å²) in [5.41, 5.74) is -1.32. The number of aromatic nitrogens is 2. The number of rotatable bonds is 5. The van der Waals surface area contributed by atoms with Crippen molar-refractivity contribution in [1.29, 1.82) is 0 Å². The second-order valence-corrected chi connectivity index (χ2v) is 5.79. The van der Waals surface area contributed by atoms with Gasteiger partial charge in [-0.05, 0) is 32.2 Å². The molecule has 0 aliphatic heterocycles. The molecule has 1 N–H and O–H groups in total. The van der Waals surface area contributed by atoms with E-state index >= 15 is 0 Å². The molecule has 26 heavy (non-hydrogen) atoms. The van der Waals surface area contributed by atoms with Crippen LogP contribution in [0.15, 0.2) is 35.1 Å². The van der Waals surface area contributed by atoms with Crippen LogP contribution in [-0.2, 0) is 6.18 Å². The van der Waals surface area contributed by atoms with Crippen LogP contribution in [-0.4, -0.2) is 47.8 Å². The van der Waals surface area contributed by atoms with E-state index < -0.39 is 23.1 Å². The fourth-order valence-electron chi connectivity index (χ4n) is 2.33. The number of hydrogen-bond donors (Lipinski definition) is 1. The molecule has 2 rings (SSSR count). The van der Waals surface area contributed by atoms with E-state index in [2.05, 4.69) is 10.4 Å². The van der Waals surface area contributed by atoms with Crippen LogP contribution in [0, 0.1) is 6.92 Å². The van der Waals surface area contributed by atoms with Crippen molar-refractivity contribution >= 4 is 5.91 Å². The van der Waals surface area contributed by atoms with Crippen molar-refractivity contribution in [1.82, 2.24) is 20.0 Å². The molecule has 0 bridgehead atoms. The Balaban J connectivity index is 2.49. The Bertz CT molecular complexity index is 862. The highest BCUT2D eigenvalue weighted by atomic mass is 19.4. The molecule has 0 atom stereocenters. The first kappa shape index (κ1) is 19.6. The summed E-state index contributed by atoms with van der Waals surface area (Å²) in [7, 11) is 3.25. The summed E-state index contributed by atoms with van der Waals surface area (Å²) in [6.45, 7) is 2.41. The minimum Gasteiger partial charge on any atom is -0.339 e. The van der Waals surface area contributed by atoms with Crippen molar-refractivity contribution < 1.29 is 18.0 Å². The Labute approximate surface area is 148 Å². The van der Waals surface area contributed by atoms with E-state index in [1.807, 2.05) is 0 Å². The molecular weight excluding hydrogens is 349 g/mol. The number of nitrogens with one attached hydrogen (secondary N) is 1. The van der Waals surface area contributed by atoms with Crippen molar-refractivity contribution in [2.75, 3.05) is 27.2 Å². The van der Waals surface area contributed by atoms with Gasteiger partial charge in [-0.3, -0.25) is 9.59 Å². The quantitative estimate of drug-likeness (QED) is 0.875. The summed E-state index contributed by atoms with van der Waals surface area (Å²) < 4.78 is 40.0. The lowest BCUT2D eigenvalue weighted by Crippen LogP contribution is -2.37. The minimum atomic E-state index is -4.50. The topological polar surface area (TPSA) is 67.2 Å². The molecule has 9 heteroatoms. The van der Waals surface area contributed by atoms with Crippen LogP contribution in [0.4, 0.5) is 13.2 Å². The molecule has 6 nitrogen and oxygen atoms in total. The molecule has 0 spiro atoms. The first-order valence-corrected chi connectivity index (χ1v) is 7.84. The third-order valence-electron chi connectivity index (χ3n) is 3.77. The maximum Gasteiger partial charge on any atom is 0.416 e. The summed E-state index contributed by atoms with van der Waals surface area (Å²) in [6, 6.07) is 5.73. The molecule has 0 aliphatic carbocycles. The highest BCUT2D eigenvalue weighted by Crippen LogP contribution is 2.30. The molecule has 0 radical (unpaired) electrons. The van der Waals surface area contributed by atoms with Crippen molar-refractivity contribution in [3.05, 3.63) is 57.5 Å². The van der Waals surface area contributed by atoms with E-state index in [-0.39, 0.29) is 11.4 Å². The van der Waals surface area contributed by atoms with Crippen molar-refractivity contribution in [2.45, 2.75) is 13.1 Å². The van der Waals surface area contributed by atoms with Gasteiger partial charge >= 0.3 is 6.18 Å². The Kier molecular flexibility index (Phi) is 5.81. The number of hydrogen-bond acceptors (Lipinski definition) is 4. The summed E-state index contributed by atoms with van der Waals surface area (Å²) in [4.78, 5) is 25.9. The monoisotopic (exact) mass is 368 g/mol. The molecular formula is C17H19F3N4O2. The Morgan fingerprint density at radius 1 is 1.31 bits per heavy atom. The second kappa shape index (κ2) is 7.69. The number of likely N-dealkylation sites (N-methyl/N-ethyl adjacent to an activating group) is 2. The summed E-state index contributed by atoms with van der Waals surface area (Å²) in [6.07, 6.45) is -4.50. The molecule has 0 unspecified atom stereocenters. The van der Waals surface area contributed by atoms with Crippen molar-refractivity contribution in [2.24, 2.45) is 0 Å². The summed E-state index contributed by atoms with van der Waals surface area (Å²) in [5.74, 6) is -0.592. The normalized spacial score (nSPS) is 11.5. The molecule has 1 aromatic heterocycles. The third kappa shape index (κ3) is 4.29. The van der Waals surface area contributed by atoms with Gasteiger partial charge in [0, 0.05) is 31.9 Å². The van der Waals surface area contributed by atoms with Crippen LogP contribution >= 0.6 is 0 Å². The number of alkyl halides is 3. The smallest absolute Gasteiger partial charge is 0.339 e. The fraction of sp³-hybridized carbons (Fsp3) is 0.353. The van der Waals surface area contributed by atoms with Gasteiger partial charge in [0.2, 0.25) is 5.43 Å². The highest BCUT2D eigenvalue weighted by molar-refractivity contribution is 5.91. The van der Waals surface area contributed by atoms with Crippen LogP contribution < -0.4 is 10.7 Å². The maximum atomic E-state index is 12.9. The lowest BCUT2D eigenvalue weighted by atomic mass is 10.2. The van der Waals surface area contributed by atoms with E-state index in [4.69, 9.17) is 0 Å². The van der Waals surface area contributed by atoms with Gasteiger partial charge in [0.1, 0.15) is 0 Å². The molecule has 0 saturated heterocycles. The Morgan fingerprint density at radius 3 is 2.62 bits per heavy atom. The van der Waals surface area contributed by atoms with Gasteiger partial charge in [0.15, 0.2) is 5.69 Å². The largest absolute Gasteiger partial charge is 0.416 e. The molecule has 2 aromatic rings. The van der Waals surface area contributed by atoms with Crippen LogP contribution in [0.5, 0.6) is 0 Å². The van der Waals surface area contributed by atoms with Crippen LogP contribution in [0.25, 0.3) is 5.69 Å². The molecule has 0 aliphatic rings. The predicted octanol–water partition coefficient (Wildman–Crippen LogP) is 1.85. The SMILES string of the molecule is CNCCN(C)C(=O)c1nn(-c2cccc(C(F)(F)F)c2)c(C)cc1=O. The average Bonchev–Trinajstić information content (AvgIpc) is 2.58. The number of halogens is 3. The van der Waals surface area contributed by atoms with Gasteiger partial charge in [-0.25, -0.2) is 4.68 Å². The van der Waals surface area contributed by atoms with Gasteiger partial charge < -0.3 is 10.2 Å². The van der Waals surface area contributed by atoms with Crippen LogP contribution in [0.1, 0.15) is 21.7 Å². The number of nitrogens with zero attached hydrogens (tertiary/aromatic N) is 3. The van der Waals surface area contributed by atoms with Gasteiger partial charge in [-0.1, -0.05) is 6.07 Å². The number of carbonyl (C=O) groups is 1. The number of amides is 1. The van der Waals surface area contributed by atoms with E-state index in [0.717, 1.165) is 16.8 Å². The highest BCUT2D eigenvalue weighted by Gasteiger charge is 2.30. The number of carbonyl (C=O) groups excluding carboxylic acids is 1. The van der Waals surface area contributed by atoms with Gasteiger partial charge in [-0.15, -0.1) is 0 Å². The van der Waals surface area contributed by atoms with E-state index in [0.29, 0.717) is 18.8 Å². The zero-order chi connectivity index (χ0) is 19.5. The molecule has 1 heterocycles. The summed E-state index contributed by atoms with van der Waals surface area (Å²) >= 11 is 0. The molecule has 1 amide bonds. The van der Waals surface area contributed by atoms with Crippen LogP contribution in [0.3, 0.4) is 0 Å². The predicted molar refractivity (Wildman–Crippen MR) is 90.5 cm³/mol. The lowest BCUT2D eigenvalue weighted by molar-refractivity contribution is -0.137. The summed E-state index contributed by atoms with van der Waals surface area (Å²) in [5, 5.41) is 6.90. The first-order valence-electron chi connectivity index (χ1n) is 7.84. The number of aryl methyl sites for hydroxylation is 1. The molecule has 140 valence electrons. The zero-order valence-electron chi connectivity index (χ0n) is 14.6. The van der Waals surface area contributed by atoms with Gasteiger partial charge in [-0.2, -0.15) is 18.3 Å². The third-order valence-corrected chi connectivity index (χ3v) is 3.77.